The minimum atomic E-state index is -3.71. The monoisotopic (exact) mass is 466 g/mol. The van der Waals surface area contributed by atoms with Crippen LogP contribution in [0.25, 0.3) is 11.4 Å². The second-order valence-corrected chi connectivity index (χ2v) is 9.88. The van der Waals surface area contributed by atoms with Crippen LogP contribution >= 0.6 is 23.2 Å². The van der Waals surface area contributed by atoms with Crippen molar-refractivity contribution in [2.45, 2.75) is 18.4 Å². The van der Waals surface area contributed by atoms with E-state index in [2.05, 4.69) is 15.0 Å². The molecule has 2 aromatic carbocycles. The molecule has 0 atom stereocenters. The maximum absolute atomic E-state index is 12.9. The van der Waals surface area contributed by atoms with Crippen LogP contribution in [0.15, 0.2) is 51.9 Å². The zero-order valence-electron chi connectivity index (χ0n) is 16.3. The van der Waals surface area contributed by atoms with Gasteiger partial charge in [0.1, 0.15) is 4.90 Å². The Bertz CT molecular complexity index is 1140. The number of aryl methyl sites for hydroxylation is 1. The molecule has 2 heterocycles. The predicted molar refractivity (Wildman–Crippen MR) is 115 cm³/mol. The maximum Gasteiger partial charge on any atom is 0.244 e. The summed E-state index contributed by atoms with van der Waals surface area (Å²) in [6.07, 6.45) is 0. The Morgan fingerprint density at radius 2 is 1.73 bits per heavy atom. The van der Waals surface area contributed by atoms with E-state index in [1.165, 1.54) is 16.4 Å². The molecule has 1 saturated heterocycles. The summed E-state index contributed by atoms with van der Waals surface area (Å²) in [5.74, 6) is 1.04. The van der Waals surface area contributed by atoms with E-state index < -0.39 is 10.0 Å². The normalized spacial score (nSPS) is 16.1. The fraction of sp³-hybridized carbons (Fsp3) is 0.300. The minimum absolute atomic E-state index is 0.0322. The molecule has 0 aliphatic carbocycles. The van der Waals surface area contributed by atoms with Crippen LogP contribution in [0, 0.1) is 6.92 Å². The fourth-order valence-corrected chi connectivity index (χ4v) is 5.43. The van der Waals surface area contributed by atoms with Gasteiger partial charge in [-0.15, -0.1) is 0 Å². The SMILES string of the molecule is Cc1ccc(-c2noc(CN3CCN(S(=O)(=O)c4cc(Cl)ccc4Cl)CC3)n2)cc1. The number of rotatable bonds is 5. The Kier molecular flexibility index (Phi) is 6.13. The van der Waals surface area contributed by atoms with Crippen LogP contribution in [0.3, 0.4) is 0 Å². The van der Waals surface area contributed by atoms with E-state index in [9.17, 15) is 8.42 Å². The van der Waals surface area contributed by atoms with Crippen LogP contribution in [0.2, 0.25) is 10.0 Å². The van der Waals surface area contributed by atoms with Gasteiger partial charge < -0.3 is 4.52 Å². The molecule has 0 spiro atoms. The molecule has 158 valence electrons. The lowest BCUT2D eigenvalue weighted by Crippen LogP contribution is -2.48. The van der Waals surface area contributed by atoms with Crippen LogP contribution in [-0.4, -0.2) is 53.9 Å². The molecule has 1 aromatic heterocycles. The molecule has 0 amide bonds. The number of halogens is 2. The molecular weight excluding hydrogens is 447 g/mol. The van der Waals surface area contributed by atoms with E-state index in [-0.39, 0.29) is 9.92 Å². The van der Waals surface area contributed by atoms with Crippen LogP contribution in [-0.2, 0) is 16.6 Å². The highest BCUT2D eigenvalue weighted by Crippen LogP contribution is 2.28. The highest BCUT2D eigenvalue weighted by atomic mass is 35.5. The Morgan fingerprint density at radius 3 is 2.43 bits per heavy atom. The van der Waals surface area contributed by atoms with Gasteiger partial charge in [0.25, 0.3) is 0 Å². The van der Waals surface area contributed by atoms with E-state index in [1.807, 2.05) is 31.2 Å². The zero-order valence-corrected chi connectivity index (χ0v) is 18.6. The molecule has 30 heavy (non-hydrogen) atoms. The fourth-order valence-electron chi connectivity index (χ4n) is 3.27. The van der Waals surface area contributed by atoms with Gasteiger partial charge in [-0.2, -0.15) is 9.29 Å². The molecule has 1 fully saturated rings. The van der Waals surface area contributed by atoms with E-state index in [0.717, 1.165) is 11.1 Å². The Hall–Kier alpha value is -1.97. The summed E-state index contributed by atoms with van der Waals surface area (Å²) in [5.41, 5.74) is 2.05. The van der Waals surface area contributed by atoms with Crippen molar-refractivity contribution in [3.8, 4) is 11.4 Å². The van der Waals surface area contributed by atoms with Gasteiger partial charge >= 0.3 is 0 Å². The largest absolute Gasteiger partial charge is 0.338 e. The minimum Gasteiger partial charge on any atom is -0.338 e. The van der Waals surface area contributed by atoms with E-state index in [1.54, 1.807) is 6.07 Å². The number of hydrogen-bond acceptors (Lipinski definition) is 6. The second kappa shape index (κ2) is 8.64. The highest BCUT2D eigenvalue weighted by molar-refractivity contribution is 7.89. The topological polar surface area (TPSA) is 79.5 Å². The van der Waals surface area contributed by atoms with Gasteiger partial charge in [-0.25, -0.2) is 8.42 Å². The Labute approximate surface area is 185 Å². The summed E-state index contributed by atoms with van der Waals surface area (Å²) in [4.78, 5) is 6.57. The Morgan fingerprint density at radius 1 is 1.03 bits per heavy atom. The number of aromatic nitrogens is 2. The molecule has 1 aliphatic rings. The van der Waals surface area contributed by atoms with Crippen molar-refractivity contribution in [3.63, 3.8) is 0 Å². The van der Waals surface area contributed by atoms with Crippen LogP contribution < -0.4 is 0 Å². The first-order valence-electron chi connectivity index (χ1n) is 9.40. The molecular formula is C20H20Cl2N4O3S. The van der Waals surface area contributed by atoms with Crippen molar-refractivity contribution in [1.82, 2.24) is 19.3 Å². The molecule has 3 aromatic rings. The quantitative estimate of drug-likeness (QED) is 0.567. The van der Waals surface area contributed by atoms with Gasteiger partial charge in [-0.05, 0) is 25.1 Å². The van der Waals surface area contributed by atoms with Crippen LogP contribution in [0.5, 0.6) is 0 Å². The highest BCUT2D eigenvalue weighted by Gasteiger charge is 2.30. The van der Waals surface area contributed by atoms with Crippen molar-refractivity contribution < 1.29 is 12.9 Å². The number of nitrogens with zero attached hydrogens (tertiary/aromatic N) is 4. The Balaban J connectivity index is 1.39. The summed E-state index contributed by atoms with van der Waals surface area (Å²) in [5, 5.41) is 4.54. The summed E-state index contributed by atoms with van der Waals surface area (Å²) in [6, 6.07) is 12.3. The lowest BCUT2D eigenvalue weighted by molar-refractivity contribution is 0.163. The number of hydrogen-bond donors (Lipinski definition) is 0. The number of piperazine rings is 1. The molecule has 4 rings (SSSR count). The molecule has 7 nitrogen and oxygen atoms in total. The number of sulfonamides is 1. The predicted octanol–water partition coefficient (Wildman–Crippen LogP) is 3.86. The number of benzene rings is 2. The van der Waals surface area contributed by atoms with Gasteiger partial charge in [-0.3, -0.25) is 4.90 Å². The average molecular weight is 467 g/mol. The van der Waals surface area contributed by atoms with E-state index in [0.29, 0.717) is 49.5 Å². The van der Waals surface area contributed by atoms with Gasteiger partial charge in [0, 0.05) is 36.8 Å². The summed E-state index contributed by atoms with van der Waals surface area (Å²) in [7, 11) is -3.71. The molecule has 10 heteroatoms. The molecule has 0 N–H and O–H groups in total. The van der Waals surface area contributed by atoms with E-state index in [4.69, 9.17) is 27.7 Å². The van der Waals surface area contributed by atoms with Crippen molar-refractivity contribution in [3.05, 3.63) is 64.0 Å². The standard InChI is InChI=1S/C20H20Cl2N4O3S/c1-14-2-4-15(5-3-14)20-23-19(29-24-20)13-25-8-10-26(11-9-25)30(27,28)18-12-16(21)6-7-17(18)22/h2-7,12H,8-11,13H2,1H3. The van der Waals surface area contributed by atoms with Gasteiger partial charge in [0.05, 0.1) is 11.6 Å². The summed E-state index contributed by atoms with van der Waals surface area (Å²) >= 11 is 12.1. The first-order chi connectivity index (χ1) is 14.3. The first-order valence-corrected chi connectivity index (χ1v) is 11.6. The smallest absolute Gasteiger partial charge is 0.244 e. The van der Waals surface area contributed by atoms with Crippen molar-refractivity contribution >= 4 is 33.2 Å². The third kappa shape index (κ3) is 4.53. The lowest BCUT2D eigenvalue weighted by atomic mass is 10.1. The van der Waals surface area contributed by atoms with Gasteiger partial charge in [0.15, 0.2) is 0 Å². The molecule has 1 aliphatic heterocycles. The second-order valence-electron chi connectivity index (χ2n) is 7.13. The van der Waals surface area contributed by atoms with Gasteiger partial charge in [0.2, 0.25) is 21.7 Å². The van der Waals surface area contributed by atoms with Crippen molar-refractivity contribution in [2.75, 3.05) is 26.2 Å². The van der Waals surface area contributed by atoms with Crippen LogP contribution in [0.1, 0.15) is 11.5 Å². The summed E-state index contributed by atoms with van der Waals surface area (Å²) < 4.78 is 32.7. The third-order valence-electron chi connectivity index (χ3n) is 4.98. The maximum atomic E-state index is 12.9. The molecule has 0 radical (unpaired) electrons. The van der Waals surface area contributed by atoms with Gasteiger partial charge in [-0.1, -0.05) is 58.2 Å². The van der Waals surface area contributed by atoms with Crippen molar-refractivity contribution in [1.29, 1.82) is 0 Å². The summed E-state index contributed by atoms with van der Waals surface area (Å²) in [6.45, 7) is 4.24. The molecule has 0 unspecified atom stereocenters. The first kappa shape index (κ1) is 21.3. The van der Waals surface area contributed by atoms with Crippen LogP contribution in [0.4, 0.5) is 0 Å². The average Bonchev–Trinajstić information content (AvgIpc) is 3.19. The van der Waals surface area contributed by atoms with Crippen molar-refractivity contribution in [2.24, 2.45) is 0 Å². The third-order valence-corrected chi connectivity index (χ3v) is 7.59. The molecule has 0 saturated carbocycles. The molecule has 0 bridgehead atoms. The zero-order chi connectivity index (χ0) is 21.3. The van der Waals surface area contributed by atoms with E-state index >= 15 is 0 Å². The lowest BCUT2D eigenvalue weighted by Gasteiger charge is -2.33.